The maximum absolute atomic E-state index is 13.1. The monoisotopic (exact) mass is 274 g/mol. The van der Waals surface area contributed by atoms with Crippen molar-refractivity contribution in [1.29, 1.82) is 0 Å². The van der Waals surface area contributed by atoms with Gasteiger partial charge in [-0.25, -0.2) is 4.39 Å². The normalized spacial score (nSPS) is 10.6. The number of benzene rings is 2. The summed E-state index contributed by atoms with van der Waals surface area (Å²) in [6.07, 6.45) is 0. The van der Waals surface area contributed by atoms with Gasteiger partial charge in [0, 0.05) is 16.1 Å². The molecule has 5 heteroatoms. The van der Waals surface area contributed by atoms with E-state index in [0.717, 1.165) is 5.56 Å². The second-order valence-corrected chi connectivity index (χ2v) is 4.38. The van der Waals surface area contributed by atoms with Crippen LogP contribution >= 0.6 is 11.6 Å². The molecule has 19 heavy (non-hydrogen) atoms. The Morgan fingerprint density at radius 2 is 1.79 bits per heavy atom. The smallest absolute Gasteiger partial charge is 0.258 e. The minimum absolute atomic E-state index is 0.282. The van der Waals surface area contributed by atoms with E-state index in [1.54, 1.807) is 36.4 Å². The Hall–Kier alpha value is -2.20. The number of aromatic nitrogens is 2. The molecule has 0 aliphatic heterocycles. The summed E-state index contributed by atoms with van der Waals surface area (Å²) in [6.45, 7) is 0. The molecule has 0 N–H and O–H groups in total. The van der Waals surface area contributed by atoms with E-state index < -0.39 is 0 Å². The van der Waals surface area contributed by atoms with Crippen molar-refractivity contribution in [2.24, 2.45) is 0 Å². The molecular weight excluding hydrogens is 267 g/mol. The van der Waals surface area contributed by atoms with Gasteiger partial charge in [-0.3, -0.25) is 0 Å². The Labute approximate surface area is 113 Å². The molecule has 0 fully saturated rings. The maximum atomic E-state index is 13.1. The van der Waals surface area contributed by atoms with Crippen LogP contribution in [0.5, 0.6) is 0 Å². The van der Waals surface area contributed by atoms with Crippen molar-refractivity contribution >= 4 is 11.6 Å². The van der Waals surface area contributed by atoms with E-state index in [4.69, 9.17) is 16.1 Å². The van der Waals surface area contributed by atoms with Gasteiger partial charge in [0.15, 0.2) is 0 Å². The summed E-state index contributed by atoms with van der Waals surface area (Å²) in [5.74, 6) is 0.379. The zero-order valence-electron chi connectivity index (χ0n) is 9.68. The Morgan fingerprint density at radius 1 is 1.00 bits per heavy atom. The zero-order chi connectivity index (χ0) is 13.2. The van der Waals surface area contributed by atoms with Gasteiger partial charge in [0.05, 0.1) is 0 Å². The predicted molar refractivity (Wildman–Crippen MR) is 70.1 cm³/mol. The number of nitrogens with zero attached hydrogens (tertiary/aromatic N) is 2. The van der Waals surface area contributed by atoms with E-state index in [1.807, 2.05) is 0 Å². The lowest BCUT2D eigenvalue weighted by Gasteiger charge is -1.94. The summed E-state index contributed by atoms with van der Waals surface area (Å²) in [7, 11) is 0. The number of hydrogen-bond acceptors (Lipinski definition) is 3. The SMILES string of the molecule is Fc1cccc(-c2nc(-c3ccc(Cl)cc3)no2)c1. The van der Waals surface area contributed by atoms with Crippen LogP contribution in [0.2, 0.25) is 5.02 Å². The first-order chi connectivity index (χ1) is 9.22. The van der Waals surface area contributed by atoms with Crippen LogP contribution in [0.25, 0.3) is 22.8 Å². The fourth-order valence-corrected chi connectivity index (χ4v) is 1.80. The molecule has 0 atom stereocenters. The molecule has 2 aromatic carbocycles. The minimum Gasteiger partial charge on any atom is -0.334 e. The average molecular weight is 275 g/mol. The predicted octanol–water partition coefficient (Wildman–Crippen LogP) is 4.20. The third-order valence-corrected chi connectivity index (χ3v) is 2.85. The molecule has 0 amide bonds. The Morgan fingerprint density at radius 3 is 2.53 bits per heavy atom. The van der Waals surface area contributed by atoms with E-state index >= 15 is 0 Å². The summed E-state index contributed by atoms with van der Waals surface area (Å²) in [5, 5.41) is 4.51. The molecule has 3 rings (SSSR count). The molecule has 94 valence electrons. The van der Waals surface area contributed by atoms with Crippen LogP contribution in [0.4, 0.5) is 4.39 Å². The summed E-state index contributed by atoms with van der Waals surface area (Å²) in [4.78, 5) is 4.23. The Bertz CT molecular complexity index is 709. The first-order valence-electron chi connectivity index (χ1n) is 5.58. The second kappa shape index (κ2) is 4.82. The molecule has 0 saturated heterocycles. The van der Waals surface area contributed by atoms with Crippen LogP contribution in [-0.2, 0) is 0 Å². The topological polar surface area (TPSA) is 38.9 Å². The van der Waals surface area contributed by atoms with Crippen molar-refractivity contribution < 1.29 is 8.91 Å². The van der Waals surface area contributed by atoms with Crippen molar-refractivity contribution in [3.05, 3.63) is 59.4 Å². The Balaban J connectivity index is 1.97. The molecule has 0 radical (unpaired) electrons. The van der Waals surface area contributed by atoms with Crippen LogP contribution in [-0.4, -0.2) is 10.1 Å². The van der Waals surface area contributed by atoms with E-state index in [9.17, 15) is 4.39 Å². The lowest BCUT2D eigenvalue weighted by atomic mass is 10.2. The molecular formula is C14H8ClFN2O. The Kier molecular flexibility index (Phi) is 3.01. The van der Waals surface area contributed by atoms with Gasteiger partial charge in [-0.2, -0.15) is 4.98 Å². The van der Waals surface area contributed by atoms with Crippen LogP contribution in [0.1, 0.15) is 0 Å². The highest BCUT2D eigenvalue weighted by atomic mass is 35.5. The first kappa shape index (κ1) is 11.9. The molecule has 1 aromatic heterocycles. The first-order valence-corrected chi connectivity index (χ1v) is 5.96. The second-order valence-electron chi connectivity index (χ2n) is 3.94. The van der Waals surface area contributed by atoms with Crippen molar-refractivity contribution in [2.75, 3.05) is 0 Å². The van der Waals surface area contributed by atoms with Crippen molar-refractivity contribution in [1.82, 2.24) is 10.1 Å². The van der Waals surface area contributed by atoms with Crippen LogP contribution in [0.3, 0.4) is 0 Å². The number of rotatable bonds is 2. The van der Waals surface area contributed by atoms with Gasteiger partial charge in [-0.05, 0) is 42.5 Å². The van der Waals surface area contributed by atoms with Crippen LogP contribution < -0.4 is 0 Å². The van der Waals surface area contributed by atoms with Gasteiger partial charge in [-0.15, -0.1) is 0 Å². The highest BCUT2D eigenvalue weighted by Gasteiger charge is 2.10. The van der Waals surface area contributed by atoms with Crippen LogP contribution in [0, 0.1) is 5.82 Å². The number of halogens is 2. The maximum Gasteiger partial charge on any atom is 0.258 e. The molecule has 3 aromatic rings. The van der Waals surface area contributed by atoms with E-state index in [0.29, 0.717) is 16.4 Å². The zero-order valence-corrected chi connectivity index (χ0v) is 10.4. The largest absolute Gasteiger partial charge is 0.334 e. The third kappa shape index (κ3) is 2.48. The van der Waals surface area contributed by atoms with Gasteiger partial charge in [0.2, 0.25) is 5.82 Å². The van der Waals surface area contributed by atoms with Crippen LogP contribution in [0.15, 0.2) is 53.1 Å². The molecule has 3 nitrogen and oxygen atoms in total. The molecule has 1 heterocycles. The highest BCUT2D eigenvalue weighted by Crippen LogP contribution is 2.23. The minimum atomic E-state index is -0.344. The third-order valence-electron chi connectivity index (χ3n) is 2.60. The molecule has 0 bridgehead atoms. The molecule has 0 spiro atoms. The van der Waals surface area contributed by atoms with Gasteiger partial charge in [0.1, 0.15) is 5.82 Å². The quantitative estimate of drug-likeness (QED) is 0.703. The fourth-order valence-electron chi connectivity index (χ4n) is 1.68. The lowest BCUT2D eigenvalue weighted by Crippen LogP contribution is -1.82. The molecule has 0 aliphatic rings. The summed E-state index contributed by atoms with van der Waals surface area (Å²) in [6, 6.07) is 13.1. The fraction of sp³-hybridized carbons (Fsp3) is 0. The molecule has 0 aliphatic carbocycles. The summed E-state index contributed by atoms with van der Waals surface area (Å²) in [5.41, 5.74) is 1.34. The van der Waals surface area contributed by atoms with Crippen molar-refractivity contribution in [3.63, 3.8) is 0 Å². The molecule has 0 unspecified atom stereocenters. The van der Waals surface area contributed by atoms with Gasteiger partial charge in [0.25, 0.3) is 5.89 Å². The average Bonchev–Trinajstić information content (AvgIpc) is 2.89. The van der Waals surface area contributed by atoms with E-state index in [2.05, 4.69) is 10.1 Å². The highest BCUT2D eigenvalue weighted by molar-refractivity contribution is 6.30. The standard InChI is InChI=1S/C14H8ClFN2O/c15-11-6-4-9(5-7-11)13-17-14(19-18-13)10-2-1-3-12(16)8-10/h1-8H. The van der Waals surface area contributed by atoms with Gasteiger partial charge >= 0.3 is 0 Å². The van der Waals surface area contributed by atoms with Crippen molar-refractivity contribution in [3.8, 4) is 22.8 Å². The number of hydrogen-bond donors (Lipinski definition) is 0. The van der Waals surface area contributed by atoms with E-state index in [-0.39, 0.29) is 11.7 Å². The van der Waals surface area contributed by atoms with Gasteiger partial charge < -0.3 is 4.52 Å². The summed E-state index contributed by atoms with van der Waals surface area (Å²) >= 11 is 5.81. The van der Waals surface area contributed by atoms with E-state index in [1.165, 1.54) is 12.1 Å². The summed E-state index contributed by atoms with van der Waals surface area (Å²) < 4.78 is 18.3. The van der Waals surface area contributed by atoms with Gasteiger partial charge in [-0.1, -0.05) is 22.8 Å². The lowest BCUT2D eigenvalue weighted by molar-refractivity contribution is 0.432. The van der Waals surface area contributed by atoms with Crippen molar-refractivity contribution in [2.45, 2.75) is 0 Å². The molecule has 0 saturated carbocycles.